The third-order valence-corrected chi connectivity index (χ3v) is 7.63. The van der Waals surface area contributed by atoms with E-state index in [1.807, 2.05) is 38.1 Å². The summed E-state index contributed by atoms with van der Waals surface area (Å²) in [6.07, 6.45) is 1.65. The van der Waals surface area contributed by atoms with Gasteiger partial charge in [-0.3, -0.25) is 9.59 Å². The van der Waals surface area contributed by atoms with Gasteiger partial charge in [0, 0.05) is 19.0 Å². The van der Waals surface area contributed by atoms with Crippen molar-refractivity contribution in [3.8, 4) is 11.1 Å². The minimum atomic E-state index is -0.824. The predicted molar refractivity (Wildman–Crippen MR) is 133 cm³/mol. The second kappa shape index (κ2) is 10.5. The summed E-state index contributed by atoms with van der Waals surface area (Å²) in [5.41, 5.74) is 4.57. The number of nitrogens with zero attached hydrogens (tertiary/aromatic N) is 1. The molecule has 0 aromatic heterocycles. The molecule has 35 heavy (non-hydrogen) atoms. The molecule has 0 saturated heterocycles. The third kappa shape index (κ3) is 5.19. The Hall–Kier alpha value is -3.35. The summed E-state index contributed by atoms with van der Waals surface area (Å²) < 4.78 is 5.67. The highest BCUT2D eigenvalue weighted by Gasteiger charge is 2.40. The van der Waals surface area contributed by atoms with Crippen molar-refractivity contribution in [2.75, 3.05) is 13.7 Å². The van der Waals surface area contributed by atoms with E-state index in [-0.39, 0.29) is 30.4 Å². The quantitative estimate of drug-likeness (QED) is 0.547. The van der Waals surface area contributed by atoms with E-state index in [4.69, 9.17) is 9.84 Å². The number of likely N-dealkylation sites (N-methyl/N-ethyl adjacent to an activating group) is 1. The first-order chi connectivity index (χ1) is 16.8. The lowest BCUT2D eigenvalue weighted by molar-refractivity contribution is -0.150. The van der Waals surface area contributed by atoms with E-state index >= 15 is 0 Å². The molecule has 7 heteroatoms. The van der Waals surface area contributed by atoms with E-state index in [0.29, 0.717) is 19.3 Å². The van der Waals surface area contributed by atoms with Crippen LogP contribution in [0.3, 0.4) is 0 Å². The molecule has 0 bridgehead atoms. The SMILES string of the molecule is CCC(C)CC(NC(=O)OCC1c2ccccc2-c2ccccc21)C(=O)N(C)C1CC(C(=O)O)C1. The van der Waals surface area contributed by atoms with Gasteiger partial charge in [-0.25, -0.2) is 4.79 Å². The molecular formula is C28H34N2O5. The van der Waals surface area contributed by atoms with Gasteiger partial charge >= 0.3 is 12.1 Å². The molecule has 2 atom stereocenters. The van der Waals surface area contributed by atoms with E-state index in [0.717, 1.165) is 28.7 Å². The minimum absolute atomic E-state index is 0.0533. The lowest BCUT2D eigenvalue weighted by Gasteiger charge is -2.40. The number of carboxylic acids is 1. The lowest BCUT2D eigenvalue weighted by Crippen LogP contribution is -2.54. The van der Waals surface area contributed by atoms with Crippen molar-refractivity contribution in [2.45, 2.75) is 57.5 Å². The first kappa shape index (κ1) is 24.8. The average Bonchev–Trinajstić information content (AvgIpc) is 3.14. The normalized spacial score (nSPS) is 20.1. The predicted octanol–water partition coefficient (Wildman–Crippen LogP) is 4.65. The fraction of sp³-hybridized carbons (Fsp3) is 0.464. The van der Waals surface area contributed by atoms with Crippen LogP contribution in [0.25, 0.3) is 11.1 Å². The first-order valence-corrected chi connectivity index (χ1v) is 12.4. The molecule has 0 aliphatic heterocycles. The van der Waals surface area contributed by atoms with Gasteiger partial charge in [-0.15, -0.1) is 0 Å². The van der Waals surface area contributed by atoms with Crippen LogP contribution in [0.15, 0.2) is 48.5 Å². The number of benzene rings is 2. The Morgan fingerprint density at radius 1 is 1.06 bits per heavy atom. The van der Waals surface area contributed by atoms with Crippen molar-refractivity contribution in [1.29, 1.82) is 0 Å². The Labute approximate surface area is 206 Å². The molecule has 1 fully saturated rings. The number of ether oxygens (including phenoxy) is 1. The molecule has 4 rings (SSSR count). The van der Waals surface area contributed by atoms with Crippen LogP contribution in [0.5, 0.6) is 0 Å². The van der Waals surface area contributed by atoms with Crippen molar-refractivity contribution in [2.24, 2.45) is 11.8 Å². The number of carboxylic acid groups (broad SMARTS) is 1. The maximum atomic E-state index is 13.2. The van der Waals surface area contributed by atoms with Crippen LogP contribution in [0.1, 0.15) is 56.6 Å². The Morgan fingerprint density at radius 2 is 1.63 bits per heavy atom. The maximum absolute atomic E-state index is 13.2. The van der Waals surface area contributed by atoms with Gasteiger partial charge < -0.3 is 20.1 Å². The van der Waals surface area contributed by atoms with Gasteiger partial charge in [0.15, 0.2) is 0 Å². The Bertz CT molecular complexity index is 1050. The summed E-state index contributed by atoms with van der Waals surface area (Å²) in [4.78, 5) is 38.8. The second-order valence-electron chi connectivity index (χ2n) is 9.88. The smallest absolute Gasteiger partial charge is 0.407 e. The van der Waals surface area contributed by atoms with Crippen LogP contribution >= 0.6 is 0 Å². The number of alkyl carbamates (subject to hydrolysis) is 1. The molecule has 0 heterocycles. The zero-order valence-electron chi connectivity index (χ0n) is 20.6. The van der Waals surface area contributed by atoms with Crippen molar-refractivity contribution in [3.63, 3.8) is 0 Å². The fourth-order valence-corrected chi connectivity index (χ4v) is 5.10. The van der Waals surface area contributed by atoms with E-state index in [2.05, 4.69) is 29.6 Å². The van der Waals surface area contributed by atoms with Gasteiger partial charge in [-0.2, -0.15) is 0 Å². The fourth-order valence-electron chi connectivity index (χ4n) is 5.10. The average molecular weight is 479 g/mol. The van der Waals surface area contributed by atoms with Gasteiger partial charge in [0.25, 0.3) is 0 Å². The highest BCUT2D eigenvalue weighted by molar-refractivity contribution is 5.86. The van der Waals surface area contributed by atoms with Crippen LogP contribution < -0.4 is 5.32 Å². The molecule has 7 nitrogen and oxygen atoms in total. The zero-order chi connectivity index (χ0) is 25.1. The van der Waals surface area contributed by atoms with Crippen molar-refractivity contribution in [1.82, 2.24) is 10.2 Å². The molecule has 2 aromatic rings. The van der Waals surface area contributed by atoms with Crippen molar-refractivity contribution >= 4 is 18.0 Å². The number of carbonyl (C=O) groups is 3. The number of rotatable bonds is 9. The largest absolute Gasteiger partial charge is 0.481 e. The van der Waals surface area contributed by atoms with Crippen LogP contribution in [-0.4, -0.2) is 53.7 Å². The molecule has 2 aliphatic carbocycles. The molecule has 2 aliphatic rings. The first-order valence-electron chi connectivity index (χ1n) is 12.4. The lowest BCUT2D eigenvalue weighted by atomic mass is 9.79. The van der Waals surface area contributed by atoms with E-state index in [1.54, 1.807) is 11.9 Å². The molecule has 2 unspecified atom stereocenters. The Morgan fingerprint density at radius 3 is 2.17 bits per heavy atom. The Balaban J connectivity index is 1.40. The highest BCUT2D eigenvalue weighted by Crippen LogP contribution is 2.44. The monoisotopic (exact) mass is 478 g/mol. The number of hydrogen-bond acceptors (Lipinski definition) is 4. The molecule has 2 aromatic carbocycles. The van der Waals surface area contributed by atoms with Crippen molar-refractivity contribution < 1.29 is 24.2 Å². The maximum Gasteiger partial charge on any atom is 0.407 e. The zero-order valence-corrected chi connectivity index (χ0v) is 20.6. The molecular weight excluding hydrogens is 444 g/mol. The number of aliphatic carboxylic acids is 1. The van der Waals surface area contributed by atoms with Gasteiger partial charge in [0.2, 0.25) is 5.91 Å². The summed E-state index contributed by atoms with van der Waals surface area (Å²) in [5, 5.41) is 11.9. The summed E-state index contributed by atoms with van der Waals surface area (Å²) in [6.45, 7) is 4.28. The van der Waals surface area contributed by atoms with Crippen LogP contribution in [0.4, 0.5) is 4.79 Å². The molecule has 2 amide bonds. The van der Waals surface area contributed by atoms with Gasteiger partial charge in [0.05, 0.1) is 5.92 Å². The summed E-state index contributed by atoms with van der Waals surface area (Å²) >= 11 is 0. The standard InChI is InChI=1S/C28H34N2O5/c1-4-17(2)13-25(26(31)30(3)19-14-18(15-19)27(32)33)29-28(34)35-16-24-22-11-7-5-9-20(22)21-10-6-8-12-23(21)24/h5-12,17-19,24-25H,4,13-16H2,1-3H3,(H,29,34)(H,32,33). The summed E-state index contributed by atoms with van der Waals surface area (Å²) in [7, 11) is 1.69. The van der Waals surface area contributed by atoms with Gasteiger partial charge in [-0.05, 0) is 47.4 Å². The van der Waals surface area contributed by atoms with Crippen LogP contribution in [0, 0.1) is 11.8 Å². The number of hydrogen-bond donors (Lipinski definition) is 2. The van der Waals surface area contributed by atoms with Crippen molar-refractivity contribution in [3.05, 3.63) is 59.7 Å². The van der Waals surface area contributed by atoms with E-state index in [1.165, 1.54) is 0 Å². The van der Waals surface area contributed by atoms with E-state index in [9.17, 15) is 14.4 Å². The topological polar surface area (TPSA) is 95.9 Å². The van der Waals surface area contributed by atoms with Gasteiger partial charge in [-0.1, -0.05) is 68.8 Å². The molecule has 1 saturated carbocycles. The molecule has 2 N–H and O–H groups in total. The van der Waals surface area contributed by atoms with E-state index < -0.39 is 24.0 Å². The van der Waals surface area contributed by atoms with Crippen LogP contribution in [-0.2, 0) is 14.3 Å². The highest BCUT2D eigenvalue weighted by atomic mass is 16.5. The number of amides is 2. The number of fused-ring (bicyclic) bond motifs is 3. The Kier molecular flexibility index (Phi) is 7.43. The van der Waals surface area contributed by atoms with Gasteiger partial charge in [0.1, 0.15) is 12.6 Å². The van der Waals surface area contributed by atoms with Crippen LogP contribution in [0.2, 0.25) is 0 Å². The molecule has 0 spiro atoms. The summed E-state index contributed by atoms with van der Waals surface area (Å²) in [6, 6.07) is 15.5. The minimum Gasteiger partial charge on any atom is -0.481 e. The third-order valence-electron chi connectivity index (χ3n) is 7.63. The number of nitrogens with one attached hydrogen (secondary N) is 1. The summed E-state index contributed by atoms with van der Waals surface area (Å²) in [5.74, 6) is -1.25. The second-order valence-corrected chi connectivity index (χ2v) is 9.88. The molecule has 186 valence electrons. The molecule has 0 radical (unpaired) electrons. The number of carbonyl (C=O) groups excluding carboxylic acids is 2.